The molecule has 0 atom stereocenters. The monoisotopic (exact) mass is 281 g/mol. The van der Waals surface area contributed by atoms with Crippen molar-refractivity contribution in [2.24, 2.45) is 0 Å². The number of benzene rings is 1. The average Bonchev–Trinajstić information content (AvgIpc) is 2.66. The number of hydrogen-bond acceptors (Lipinski definition) is 4. The van der Waals surface area contributed by atoms with Crippen LogP contribution < -0.4 is 5.73 Å². The molecule has 2 aromatic rings. The van der Waals surface area contributed by atoms with Gasteiger partial charge in [-0.2, -0.15) is 0 Å². The van der Waals surface area contributed by atoms with E-state index in [0.717, 1.165) is 18.4 Å². The van der Waals surface area contributed by atoms with E-state index in [0.29, 0.717) is 11.5 Å². The summed E-state index contributed by atoms with van der Waals surface area (Å²) in [5, 5.41) is 0. The molecule has 104 valence electrons. The molecule has 5 nitrogen and oxygen atoms in total. The topological polar surface area (TPSA) is 78.0 Å². The fourth-order valence-corrected chi connectivity index (χ4v) is 3.27. The molecule has 19 heavy (non-hydrogen) atoms. The van der Waals surface area contributed by atoms with Crippen molar-refractivity contribution in [2.75, 3.05) is 12.0 Å². The van der Waals surface area contributed by atoms with Crippen LogP contribution in [0.4, 0.5) is 5.95 Å². The van der Waals surface area contributed by atoms with Gasteiger partial charge in [-0.3, -0.25) is 0 Å². The van der Waals surface area contributed by atoms with E-state index < -0.39 is 9.84 Å². The molecule has 1 aromatic heterocycles. The largest absolute Gasteiger partial charge is 0.369 e. The maximum Gasteiger partial charge on any atom is 0.201 e. The Labute approximate surface area is 113 Å². The summed E-state index contributed by atoms with van der Waals surface area (Å²) >= 11 is 0. The summed E-state index contributed by atoms with van der Waals surface area (Å²) in [5.41, 5.74) is 7.23. The molecule has 0 fully saturated rings. The zero-order chi connectivity index (χ0) is 14.2. The van der Waals surface area contributed by atoms with Gasteiger partial charge in [0, 0.05) is 12.3 Å². The van der Waals surface area contributed by atoms with Gasteiger partial charge >= 0.3 is 0 Å². The fourth-order valence-electron chi connectivity index (χ4n) is 2.45. The van der Waals surface area contributed by atoms with E-state index in [4.69, 9.17) is 5.73 Å². The van der Waals surface area contributed by atoms with Crippen molar-refractivity contribution in [3.8, 4) is 0 Å². The molecule has 2 rings (SSSR count). The maximum absolute atomic E-state index is 11.8. The van der Waals surface area contributed by atoms with Crippen LogP contribution in [0.5, 0.6) is 0 Å². The molecule has 0 saturated carbocycles. The third-order valence-corrected chi connectivity index (χ3v) is 4.55. The highest BCUT2D eigenvalue weighted by molar-refractivity contribution is 7.91. The van der Waals surface area contributed by atoms with E-state index in [-0.39, 0.29) is 10.9 Å². The van der Waals surface area contributed by atoms with Crippen LogP contribution >= 0.6 is 0 Å². The summed E-state index contributed by atoms with van der Waals surface area (Å²) in [7, 11) is -3.30. The van der Waals surface area contributed by atoms with Crippen molar-refractivity contribution in [1.29, 1.82) is 0 Å². The van der Waals surface area contributed by atoms with E-state index in [9.17, 15) is 8.42 Å². The Kier molecular flexibility index (Phi) is 3.54. The van der Waals surface area contributed by atoms with Gasteiger partial charge in [0.15, 0.2) is 9.84 Å². The van der Waals surface area contributed by atoms with Crippen LogP contribution in [0.15, 0.2) is 23.1 Å². The van der Waals surface area contributed by atoms with E-state index in [1.54, 1.807) is 12.1 Å². The average molecular weight is 281 g/mol. The lowest BCUT2D eigenvalue weighted by molar-refractivity contribution is 0.489. The van der Waals surface area contributed by atoms with Crippen LogP contribution in [0.25, 0.3) is 11.0 Å². The molecule has 0 aliphatic rings. The fraction of sp³-hybridized carbons (Fsp3) is 0.462. The molecular formula is C13H19N3O2S. The van der Waals surface area contributed by atoms with Gasteiger partial charge in [-0.25, -0.2) is 13.4 Å². The summed E-state index contributed by atoms with van der Waals surface area (Å²) in [5.74, 6) is 0.375. The van der Waals surface area contributed by atoms with Crippen LogP contribution in [0.2, 0.25) is 0 Å². The predicted octanol–water partition coefficient (Wildman–Crippen LogP) is 2.38. The highest BCUT2D eigenvalue weighted by Gasteiger charge is 2.20. The first-order valence-corrected chi connectivity index (χ1v) is 8.25. The first kappa shape index (κ1) is 13.9. The van der Waals surface area contributed by atoms with Crippen molar-refractivity contribution in [1.82, 2.24) is 9.55 Å². The lowest BCUT2D eigenvalue weighted by Gasteiger charge is -2.17. The van der Waals surface area contributed by atoms with Crippen LogP contribution in [-0.2, 0) is 9.84 Å². The first-order valence-electron chi connectivity index (χ1n) is 6.36. The first-order chi connectivity index (χ1) is 8.90. The number of aromatic nitrogens is 2. The minimum Gasteiger partial charge on any atom is -0.369 e. The molecule has 1 aromatic carbocycles. The summed E-state index contributed by atoms with van der Waals surface area (Å²) in [6.07, 6.45) is 3.04. The second-order valence-corrected chi connectivity index (χ2v) is 6.69. The van der Waals surface area contributed by atoms with E-state index in [1.165, 1.54) is 6.26 Å². The van der Waals surface area contributed by atoms with E-state index in [2.05, 4.69) is 18.8 Å². The molecule has 0 aliphatic heterocycles. The Morgan fingerprint density at radius 3 is 2.47 bits per heavy atom. The Morgan fingerprint density at radius 2 is 1.95 bits per heavy atom. The minimum absolute atomic E-state index is 0.236. The molecule has 1 heterocycles. The van der Waals surface area contributed by atoms with Crippen LogP contribution in [0.1, 0.15) is 32.7 Å². The Morgan fingerprint density at radius 1 is 1.32 bits per heavy atom. The van der Waals surface area contributed by atoms with Crippen molar-refractivity contribution in [3.05, 3.63) is 18.2 Å². The van der Waals surface area contributed by atoms with Crippen molar-refractivity contribution < 1.29 is 8.42 Å². The number of nitrogen functional groups attached to an aromatic ring is 1. The normalized spacial score (nSPS) is 12.4. The van der Waals surface area contributed by atoms with Gasteiger partial charge in [0.25, 0.3) is 0 Å². The number of hydrogen-bond donors (Lipinski definition) is 1. The lowest BCUT2D eigenvalue weighted by Crippen LogP contribution is -2.10. The van der Waals surface area contributed by atoms with Gasteiger partial charge < -0.3 is 10.3 Å². The van der Waals surface area contributed by atoms with Gasteiger partial charge in [-0.1, -0.05) is 19.9 Å². The number of nitrogens with two attached hydrogens (primary N) is 1. The summed E-state index contributed by atoms with van der Waals surface area (Å²) in [6.45, 7) is 4.17. The molecule has 0 bridgehead atoms. The second kappa shape index (κ2) is 4.85. The van der Waals surface area contributed by atoms with E-state index >= 15 is 0 Å². The highest BCUT2D eigenvalue weighted by Crippen LogP contribution is 2.30. The third-order valence-electron chi connectivity index (χ3n) is 3.42. The van der Waals surface area contributed by atoms with Crippen LogP contribution in [-0.4, -0.2) is 24.2 Å². The number of para-hydroxylation sites is 1. The van der Waals surface area contributed by atoms with Gasteiger partial charge in [0.1, 0.15) is 5.52 Å². The van der Waals surface area contributed by atoms with Gasteiger partial charge in [-0.05, 0) is 25.0 Å². The summed E-state index contributed by atoms with van der Waals surface area (Å²) in [6, 6.07) is 5.41. The van der Waals surface area contributed by atoms with E-state index in [1.807, 2.05) is 10.6 Å². The Hall–Kier alpha value is -1.56. The lowest BCUT2D eigenvalue weighted by atomic mass is 10.1. The Balaban J connectivity index is 2.80. The molecular weight excluding hydrogens is 262 g/mol. The van der Waals surface area contributed by atoms with Crippen molar-refractivity contribution in [3.63, 3.8) is 0 Å². The molecule has 0 radical (unpaired) electrons. The van der Waals surface area contributed by atoms with Crippen molar-refractivity contribution >= 4 is 26.8 Å². The minimum atomic E-state index is -3.30. The predicted molar refractivity (Wildman–Crippen MR) is 76.9 cm³/mol. The molecule has 2 N–H and O–H groups in total. The molecule has 0 unspecified atom stereocenters. The van der Waals surface area contributed by atoms with Gasteiger partial charge in [0.2, 0.25) is 5.95 Å². The molecule has 0 saturated heterocycles. The number of rotatable bonds is 4. The molecule has 6 heteroatoms. The quantitative estimate of drug-likeness (QED) is 0.933. The van der Waals surface area contributed by atoms with Crippen molar-refractivity contribution in [2.45, 2.75) is 37.6 Å². The summed E-state index contributed by atoms with van der Waals surface area (Å²) < 4.78 is 25.5. The standard InChI is InChI=1S/C13H19N3O2S/c1-4-9(5-2)16-10-7-6-8-11(19(3,17)18)12(10)15-13(16)14/h6-9H,4-5H2,1-3H3,(H2,14,15). The number of imidazole rings is 1. The molecule has 0 aliphatic carbocycles. The highest BCUT2D eigenvalue weighted by atomic mass is 32.2. The Bertz CT molecular complexity index is 700. The van der Waals surface area contributed by atoms with Crippen LogP contribution in [0, 0.1) is 0 Å². The molecule has 0 spiro atoms. The van der Waals surface area contributed by atoms with Gasteiger partial charge in [0.05, 0.1) is 10.4 Å². The smallest absolute Gasteiger partial charge is 0.201 e. The number of nitrogens with zero attached hydrogens (tertiary/aromatic N) is 2. The maximum atomic E-state index is 11.8. The number of sulfone groups is 1. The zero-order valence-corrected chi connectivity index (χ0v) is 12.2. The van der Waals surface area contributed by atoms with Crippen LogP contribution in [0.3, 0.4) is 0 Å². The zero-order valence-electron chi connectivity index (χ0n) is 11.4. The second-order valence-electron chi connectivity index (χ2n) is 4.71. The summed E-state index contributed by atoms with van der Waals surface area (Å²) in [4.78, 5) is 4.50. The van der Waals surface area contributed by atoms with Gasteiger partial charge in [-0.15, -0.1) is 0 Å². The number of anilines is 1. The molecule has 0 amide bonds. The third kappa shape index (κ3) is 2.32. The number of fused-ring (bicyclic) bond motifs is 1. The SMILES string of the molecule is CCC(CC)n1c(N)nc2c(S(C)(=O)=O)cccc21.